The number of hydrogen-bond donors (Lipinski definition) is 4. The average molecular weight is 354 g/mol. The molecule has 9 heteroatoms. The van der Waals surface area contributed by atoms with E-state index >= 15 is 0 Å². The Labute approximate surface area is 145 Å². The smallest absolute Gasteiger partial charge is 0.312 e. The number of benzene rings is 1. The number of rotatable bonds is 7. The quantitative estimate of drug-likeness (QED) is 0.542. The van der Waals surface area contributed by atoms with E-state index in [1.807, 2.05) is 6.92 Å². The number of ether oxygens (including phenoxy) is 1. The van der Waals surface area contributed by atoms with Crippen LogP contribution in [0.2, 0.25) is 0 Å². The lowest BCUT2D eigenvalue weighted by Crippen LogP contribution is -2.57. The summed E-state index contributed by atoms with van der Waals surface area (Å²) in [5.41, 5.74) is 9.51. The third-order valence-electron chi connectivity index (χ3n) is 3.60. The Balaban J connectivity index is 2.56. The molecule has 1 rings (SSSR count). The number of hydrazine groups is 1. The molecular weight excluding hydrogens is 331 g/mol. The minimum absolute atomic E-state index is 0.183. The van der Waals surface area contributed by atoms with E-state index in [0.717, 1.165) is 0 Å². The van der Waals surface area contributed by atoms with Crippen molar-refractivity contribution in [2.45, 2.75) is 39.3 Å². The number of primary amides is 1. The second-order valence-electron chi connectivity index (χ2n) is 5.56. The molecule has 0 radical (unpaired) electrons. The highest BCUT2D eigenvalue weighted by Gasteiger charge is 2.26. The Morgan fingerprint density at radius 3 is 2.20 bits per heavy atom. The minimum atomic E-state index is -0.933. The molecule has 3 unspecified atom stereocenters. The van der Waals surface area contributed by atoms with Gasteiger partial charge in [-0.2, -0.15) is 0 Å². The van der Waals surface area contributed by atoms with E-state index in [0.29, 0.717) is 12.2 Å². The van der Waals surface area contributed by atoms with Gasteiger partial charge in [-0.25, -0.2) is 9.18 Å². The summed E-state index contributed by atoms with van der Waals surface area (Å²) in [4.78, 5) is 35.1. The molecule has 0 aliphatic carbocycles. The first-order valence-electron chi connectivity index (χ1n) is 7.82. The molecule has 0 heterocycles. The molecule has 0 fully saturated rings. The molecule has 3 atom stereocenters. The van der Waals surface area contributed by atoms with Crippen molar-refractivity contribution < 1.29 is 23.5 Å². The second-order valence-corrected chi connectivity index (χ2v) is 5.56. The summed E-state index contributed by atoms with van der Waals surface area (Å²) >= 11 is 0. The molecule has 0 aliphatic rings. The predicted molar refractivity (Wildman–Crippen MR) is 88.7 cm³/mol. The van der Waals surface area contributed by atoms with Crippen molar-refractivity contribution in [1.29, 1.82) is 0 Å². The van der Waals surface area contributed by atoms with Gasteiger partial charge in [0.1, 0.15) is 17.6 Å². The Morgan fingerprint density at radius 1 is 1.12 bits per heavy atom. The van der Waals surface area contributed by atoms with Gasteiger partial charge in [-0.3, -0.25) is 20.4 Å². The summed E-state index contributed by atoms with van der Waals surface area (Å²) in [6.45, 7) is 5.09. The number of halogens is 1. The van der Waals surface area contributed by atoms with E-state index in [1.165, 1.54) is 31.2 Å². The summed E-state index contributed by atoms with van der Waals surface area (Å²) in [5, 5.41) is 2.34. The molecule has 0 bridgehead atoms. The molecule has 1 aromatic rings. The highest BCUT2D eigenvalue weighted by atomic mass is 19.1. The van der Waals surface area contributed by atoms with Crippen molar-refractivity contribution >= 4 is 17.8 Å². The number of urea groups is 1. The molecule has 5 N–H and O–H groups in total. The van der Waals surface area contributed by atoms with Gasteiger partial charge < -0.3 is 15.8 Å². The van der Waals surface area contributed by atoms with Crippen molar-refractivity contribution in [2.75, 3.05) is 0 Å². The summed E-state index contributed by atoms with van der Waals surface area (Å²) in [7, 11) is 0. The zero-order valence-electron chi connectivity index (χ0n) is 14.3. The van der Waals surface area contributed by atoms with Crippen molar-refractivity contribution in [1.82, 2.24) is 16.2 Å². The van der Waals surface area contributed by atoms with Gasteiger partial charge >= 0.3 is 6.03 Å². The molecule has 8 nitrogen and oxygen atoms in total. The number of carbonyl (C=O) groups excluding carboxylic acids is 3. The Morgan fingerprint density at radius 2 is 1.68 bits per heavy atom. The number of nitrogens with two attached hydrogens (primary N) is 1. The van der Waals surface area contributed by atoms with Crippen LogP contribution in [0.3, 0.4) is 0 Å². The van der Waals surface area contributed by atoms with Crippen LogP contribution in [-0.4, -0.2) is 30.0 Å². The van der Waals surface area contributed by atoms with Crippen LogP contribution in [-0.2, 0) is 9.59 Å². The maximum absolute atomic E-state index is 12.8. The maximum atomic E-state index is 12.8. The third-order valence-corrected chi connectivity index (χ3v) is 3.60. The van der Waals surface area contributed by atoms with Gasteiger partial charge in [0, 0.05) is 0 Å². The average Bonchev–Trinajstić information content (AvgIpc) is 2.58. The molecular formula is C16H23FN4O4. The lowest BCUT2D eigenvalue weighted by molar-refractivity contribution is -0.133. The molecule has 0 aromatic heterocycles. The van der Waals surface area contributed by atoms with Gasteiger partial charge in [-0.1, -0.05) is 20.3 Å². The molecule has 1 aromatic carbocycles. The SMILES string of the molecule is CCC(C)C(NC(N)=O)C(=O)NNC(=O)C(C)Oc1ccc(F)cc1. The summed E-state index contributed by atoms with van der Waals surface area (Å²) in [6.07, 6.45) is -0.312. The van der Waals surface area contributed by atoms with E-state index in [-0.39, 0.29) is 5.92 Å². The first-order valence-corrected chi connectivity index (χ1v) is 7.82. The van der Waals surface area contributed by atoms with Crippen LogP contribution in [0, 0.1) is 11.7 Å². The maximum Gasteiger partial charge on any atom is 0.312 e. The lowest BCUT2D eigenvalue weighted by atomic mass is 9.99. The molecule has 4 amide bonds. The molecule has 0 spiro atoms. The van der Waals surface area contributed by atoms with Crippen LogP contribution in [0.1, 0.15) is 27.2 Å². The molecule has 138 valence electrons. The molecule has 0 aliphatic heterocycles. The second kappa shape index (κ2) is 9.45. The van der Waals surface area contributed by atoms with Gasteiger partial charge in [0.15, 0.2) is 6.10 Å². The number of carbonyl (C=O) groups is 3. The van der Waals surface area contributed by atoms with Crippen molar-refractivity contribution in [3.05, 3.63) is 30.1 Å². The van der Waals surface area contributed by atoms with Gasteiger partial charge in [0.05, 0.1) is 0 Å². The fraction of sp³-hybridized carbons (Fsp3) is 0.438. The summed E-state index contributed by atoms with van der Waals surface area (Å²) in [5.74, 6) is -1.51. The molecule has 0 saturated carbocycles. The first kappa shape index (κ1) is 20.2. The Bertz CT molecular complexity index is 609. The number of hydrogen-bond acceptors (Lipinski definition) is 4. The first-order chi connectivity index (χ1) is 11.7. The fourth-order valence-electron chi connectivity index (χ4n) is 1.93. The molecule has 0 saturated heterocycles. The van der Waals surface area contributed by atoms with Crippen LogP contribution in [0.25, 0.3) is 0 Å². The normalized spacial score (nSPS) is 13.9. The summed E-state index contributed by atoms with van der Waals surface area (Å²) < 4.78 is 18.2. The van der Waals surface area contributed by atoms with Gasteiger partial charge in [-0.15, -0.1) is 0 Å². The van der Waals surface area contributed by atoms with E-state index in [2.05, 4.69) is 16.2 Å². The highest BCUT2D eigenvalue weighted by molar-refractivity contribution is 5.89. The predicted octanol–water partition coefficient (Wildman–Crippen LogP) is 0.823. The zero-order chi connectivity index (χ0) is 19.0. The monoisotopic (exact) mass is 354 g/mol. The van der Waals surface area contributed by atoms with Crippen molar-refractivity contribution in [3.8, 4) is 5.75 Å². The topological polar surface area (TPSA) is 123 Å². The molecule has 25 heavy (non-hydrogen) atoms. The fourth-order valence-corrected chi connectivity index (χ4v) is 1.93. The van der Waals surface area contributed by atoms with Crippen LogP contribution in [0.4, 0.5) is 9.18 Å². The van der Waals surface area contributed by atoms with E-state index in [9.17, 15) is 18.8 Å². The largest absolute Gasteiger partial charge is 0.481 e. The van der Waals surface area contributed by atoms with Gasteiger partial charge in [-0.05, 0) is 37.1 Å². The highest BCUT2D eigenvalue weighted by Crippen LogP contribution is 2.13. The van der Waals surface area contributed by atoms with Crippen LogP contribution in [0.15, 0.2) is 24.3 Å². The number of nitrogens with one attached hydrogen (secondary N) is 3. The Kier molecular flexibility index (Phi) is 7.64. The third kappa shape index (κ3) is 6.66. The zero-order valence-corrected chi connectivity index (χ0v) is 14.3. The van der Waals surface area contributed by atoms with Crippen LogP contribution < -0.4 is 26.6 Å². The van der Waals surface area contributed by atoms with Crippen molar-refractivity contribution in [2.24, 2.45) is 11.7 Å². The van der Waals surface area contributed by atoms with E-state index in [4.69, 9.17) is 10.5 Å². The van der Waals surface area contributed by atoms with Crippen LogP contribution >= 0.6 is 0 Å². The minimum Gasteiger partial charge on any atom is -0.481 e. The van der Waals surface area contributed by atoms with Crippen molar-refractivity contribution in [3.63, 3.8) is 0 Å². The van der Waals surface area contributed by atoms with E-state index in [1.54, 1.807) is 6.92 Å². The van der Waals surface area contributed by atoms with Gasteiger partial charge in [0.25, 0.3) is 11.8 Å². The Hall–Kier alpha value is -2.84. The standard InChI is InChI=1S/C16H23FN4O4/c1-4-9(2)13(19-16(18)24)15(23)21-20-14(22)10(3)25-12-7-5-11(17)6-8-12/h5-10,13H,4H2,1-3H3,(H,20,22)(H,21,23)(H3,18,19,24). The number of amides is 4. The summed E-state index contributed by atoms with van der Waals surface area (Å²) in [6, 6.07) is 3.46. The van der Waals surface area contributed by atoms with E-state index < -0.39 is 35.8 Å². The lowest BCUT2D eigenvalue weighted by Gasteiger charge is -2.23. The van der Waals surface area contributed by atoms with Gasteiger partial charge in [0.2, 0.25) is 0 Å². The van der Waals surface area contributed by atoms with Crippen LogP contribution in [0.5, 0.6) is 5.75 Å².